The van der Waals surface area contributed by atoms with Crippen LogP contribution in [0.2, 0.25) is 0 Å². The van der Waals surface area contributed by atoms with Crippen LogP contribution in [0.25, 0.3) is 20.9 Å². The maximum absolute atomic E-state index is 11.4. The molecule has 15 heteroatoms. The lowest BCUT2D eigenvalue weighted by Gasteiger charge is -2.08. The lowest BCUT2D eigenvalue weighted by molar-refractivity contribution is 0.0507. The Hall–Kier alpha value is -2.80. The van der Waals surface area contributed by atoms with Crippen molar-refractivity contribution in [1.29, 1.82) is 0 Å². The van der Waals surface area contributed by atoms with E-state index in [4.69, 9.17) is 30.0 Å². The Morgan fingerprint density at radius 3 is 1.41 bits per heavy atom. The first-order valence-corrected chi connectivity index (χ1v) is 8.77. The van der Waals surface area contributed by atoms with Crippen molar-refractivity contribution < 1.29 is 33.3 Å². The van der Waals surface area contributed by atoms with E-state index >= 15 is 0 Å². The van der Waals surface area contributed by atoms with E-state index in [1.54, 1.807) is 0 Å². The summed E-state index contributed by atoms with van der Waals surface area (Å²) in [7, 11) is 0. The third-order valence-electron chi connectivity index (χ3n) is 2.76. The standard InChI is InChI=1S/C14H26N8O7/c15-21-19-3-7-27-11-9-25-5-1-17-13(23)29-14(24)18-2-6-26-10-12-28-8-4-20-22-16/h1-12H2,(H,17,23)(H,18,24). The molecule has 0 aromatic heterocycles. The first kappa shape index (κ1) is 26.2. The molecule has 0 saturated carbocycles. The molecule has 0 aromatic rings. The molecule has 0 aliphatic carbocycles. The van der Waals surface area contributed by atoms with Crippen LogP contribution in [0.15, 0.2) is 10.2 Å². The molecular weight excluding hydrogens is 392 g/mol. The van der Waals surface area contributed by atoms with Gasteiger partial charge in [0.2, 0.25) is 0 Å². The van der Waals surface area contributed by atoms with Gasteiger partial charge in [-0.15, -0.1) is 0 Å². The van der Waals surface area contributed by atoms with Gasteiger partial charge in [-0.25, -0.2) is 9.59 Å². The van der Waals surface area contributed by atoms with E-state index in [0.29, 0.717) is 39.6 Å². The van der Waals surface area contributed by atoms with Crippen molar-refractivity contribution in [3.05, 3.63) is 20.9 Å². The Kier molecular flexibility index (Phi) is 19.4. The van der Waals surface area contributed by atoms with E-state index in [1.165, 1.54) is 0 Å². The highest BCUT2D eigenvalue weighted by molar-refractivity contribution is 5.83. The fraction of sp³-hybridized carbons (Fsp3) is 0.857. The van der Waals surface area contributed by atoms with Crippen LogP contribution < -0.4 is 10.6 Å². The summed E-state index contributed by atoms with van der Waals surface area (Å²) < 4.78 is 25.1. The third kappa shape index (κ3) is 21.4. The fourth-order valence-electron chi connectivity index (χ4n) is 1.55. The minimum Gasteiger partial charge on any atom is -0.379 e. The fourth-order valence-corrected chi connectivity index (χ4v) is 1.55. The monoisotopic (exact) mass is 418 g/mol. The summed E-state index contributed by atoms with van der Waals surface area (Å²) >= 11 is 0. The molecule has 0 bridgehead atoms. The molecule has 0 radical (unpaired) electrons. The van der Waals surface area contributed by atoms with Gasteiger partial charge >= 0.3 is 12.2 Å². The third-order valence-corrected chi connectivity index (χ3v) is 2.76. The Labute approximate surface area is 167 Å². The minimum atomic E-state index is -0.897. The van der Waals surface area contributed by atoms with Gasteiger partial charge in [0.05, 0.1) is 52.9 Å². The molecule has 0 aromatic carbocycles. The lowest BCUT2D eigenvalue weighted by atomic mass is 10.6. The number of rotatable bonds is 18. The first-order valence-electron chi connectivity index (χ1n) is 8.77. The van der Waals surface area contributed by atoms with Crippen LogP contribution in [0.5, 0.6) is 0 Å². The molecule has 2 N–H and O–H groups in total. The summed E-state index contributed by atoms with van der Waals surface area (Å²) in [6, 6.07) is 0. The van der Waals surface area contributed by atoms with E-state index in [2.05, 4.69) is 35.4 Å². The average Bonchev–Trinajstić information content (AvgIpc) is 2.70. The number of ether oxygens (including phenoxy) is 5. The Bertz CT molecular complexity index is 492. The number of alkyl carbamates (subject to hydrolysis) is 2. The van der Waals surface area contributed by atoms with Gasteiger partial charge in [0, 0.05) is 36.0 Å². The number of nitrogens with zero attached hydrogens (tertiary/aromatic N) is 6. The molecule has 0 heterocycles. The maximum atomic E-state index is 11.4. The van der Waals surface area contributed by atoms with Gasteiger partial charge in [-0.3, -0.25) is 0 Å². The molecule has 29 heavy (non-hydrogen) atoms. The van der Waals surface area contributed by atoms with Crippen LogP contribution in [-0.2, 0) is 23.7 Å². The van der Waals surface area contributed by atoms with E-state index in [-0.39, 0.29) is 39.4 Å². The van der Waals surface area contributed by atoms with Gasteiger partial charge in [-0.1, -0.05) is 10.2 Å². The molecule has 0 fully saturated rings. The van der Waals surface area contributed by atoms with Crippen molar-refractivity contribution in [3.8, 4) is 0 Å². The zero-order valence-corrected chi connectivity index (χ0v) is 16.0. The molecule has 0 spiro atoms. The molecule has 0 rings (SSSR count). The smallest absolute Gasteiger partial charge is 0.379 e. The van der Waals surface area contributed by atoms with Gasteiger partial charge < -0.3 is 34.3 Å². The topological polar surface area (TPSA) is 202 Å². The van der Waals surface area contributed by atoms with Gasteiger partial charge in [0.1, 0.15) is 0 Å². The predicted molar refractivity (Wildman–Crippen MR) is 99.2 cm³/mol. The highest BCUT2D eigenvalue weighted by Gasteiger charge is 2.08. The van der Waals surface area contributed by atoms with E-state index in [9.17, 15) is 9.59 Å². The van der Waals surface area contributed by atoms with Gasteiger partial charge in [0.25, 0.3) is 0 Å². The van der Waals surface area contributed by atoms with Crippen molar-refractivity contribution in [2.45, 2.75) is 0 Å². The summed E-state index contributed by atoms with van der Waals surface area (Å²) in [4.78, 5) is 27.9. The number of azide groups is 2. The molecular formula is C14H26N8O7. The van der Waals surface area contributed by atoms with Crippen molar-refractivity contribution in [2.75, 3.05) is 79.0 Å². The van der Waals surface area contributed by atoms with E-state index in [1.807, 2.05) is 0 Å². The Morgan fingerprint density at radius 1 is 0.655 bits per heavy atom. The number of carbonyl (C=O) groups is 2. The molecule has 0 aliphatic heterocycles. The Balaban J connectivity index is 3.37. The number of hydrogen-bond donors (Lipinski definition) is 2. The summed E-state index contributed by atoms with van der Waals surface area (Å²) in [5.41, 5.74) is 16.1. The molecule has 0 saturated heterocycles. The normalized spacial score (nSPS) is 9.79. The SMILES string of the molecule is [N-]=[N+]=NCCOCCOCCNC(=O)OC(=O)NCCOCCOCCN=[N+]=[N-]. The first-order chi connectivity index (χ1) is 14.2. The highest BCUT2D eigenvalue weighted by atomic mass is 16.6. The van der Waals surface area contributed by atoms with Crippen molar-refractivity contribution in [3.63, 3.8) is 0 Å². The number of amides is 2. The molecule has 0 aliphatic rings. The number of hydrogen-bond acceptors (Lipinski definition) is 9. The summed E-state index contributed by atoms with van der Waals surface area (Å²) in [6.45, 7) is 3.18. The lowest BCUT2D eigenvalue weighted by Crippen LogP contribution is -2.35. The summed E-state index contributed by atoms with van der Waals surface area (Å²) in [5.74, 6) is 0. The molecule has 0 atom stereocenters. The van der Waals surface area contributed by atoms with Crippen molar-refractivity contribution in [1.82, 2.24) is 10.6 Å². The van der Waals surface area contributed by atoms with Crippen LogP contribution in [-0.4, -0.2) is 91.2 Å². The quantitative estimate of drug-likeness (QED) is 0.109. The van der Waals surface area contributed by atoms with Crippen LogP contribution in [0.4, 0.5) is 9.59 Å². The molecule has 2 amide bonds. The maximum Gasteiger partial charge on any atom is 0.416 e. The highest BCUT2D eigenvalue weighted by Crippen LogP contribution is 1.84. The van der Waals surface area contributed by atoms with E-state index < -0.39 is 12.2 Å². The second kappa shape index (κ2) is 21.5. The molecule has 15 nitrogen and oxygen atoms in total. The van der Waals surface area contributed by atoms with Crippen LogP contribution in [0.1, 0.15) is 0 Å². The Morgan fingerprint density at radius 2 is 1.03 bits per heavy atom. The second-order valence-electron chi connectivity index (χ2n) is 4.89. The van der Waals surface area contributed by atoms with Gasteiger partial charge in [0.15, 0.2) is 0 Å². The minimum absolute atomic E-state index is 0.160. The molecule has 164 valence electrons. The largest absolute Gasteiger partial charge is 0.416 e. The van der Waals surface area contributed by atoms with E-state index in [0.717, 1.165) is 0 Å². The zero-order valence-electron chi connectivity index (χ0n) is 16.0. The van der Waals surface area contributed by atoms with Crippen molar-refractivity contribution >= 4 is 12.2 Å². The summed E-state index contributed by atoms with van der Waals surface area (Å²) in [5, 5.41) is 11.3. The number of nitrogens with one attached hydrogen (secondary N) is 2. The zero-order chi connectivity index (χ0) is 21.4. The average molecular weight is 418 g/mol. The van der Waals surface area contributed by atoms with Crippen LogP contribution >= 0.6 is 0 Å². The van der Waals surface area contributed by atoms with Crippen molar-refractivity contribution in [2.24, 2.45) is 10.2 Å². The van der Waals surface area contributed by atoms with Crippen LogP contribution in [0, 0.1) is 0 Å². The predicted octanol–water partition coefficient (Wildman–Crippen LogP) is 1.11. The van der Waals surface area contributed by atoms with Crippen LogP contribution in [0.3, 0.4) is 0 Å². The summed E-state index contributed by atoms with van der Waals surface area (Å²) in [6.07, 6.45) is -1.79. The molecule has 0 unspecified atom stereocenters. The second-order valence-corrected chi connectivity index (χ2v) is 4.89. The number of carbonyl (C=O) groups excluding carboxylic acids is 2. The van der Waals surface area contributed by atoms with Gasteiger partial charge in [-0.2, -0.15) is 0 Å². The van der Waals surface area contributed by atoms with Gasteiger partial charge in [-0.05, 0) is 11.1 Å².